The van der Waals surface area contributed by atoms with E-state index in [1.54, 1.807) is 27.0 Å². The van der Waals surface area contributed by atoms with Crippen LogP contribution in [0.4, 0.5) is 22.0 Å². The van der Waals surface area contributed by atoms with Gasteiger partial charge in [0.1, 0.15) is 5.75 Å². The summed E-state index contributed by atoms with van der Waals surface area (Å²) in [6.45, 7) is 1.85. The second kappa shape index (κ2) is 10.9. The van der Waals surface area contributed by atoms with Gasteiger partial charge >= 0.3 is 11.9 Å². The molecular formula is C23H24F5N5O3. The molecule has 3 heterocycles. The number of alkyl halides is 5. The average Bonchev–Trinajstić information content (AvgIpc) is 3.08. The monoisotopic (exact) mass is 513 g/mol. The smallest absolute Gasteiger partial charge is 0.422 e. The van der Waals surface area contributed by atoms with Gasteiger partial charge in [0.15, 0.2) is 6.61 Å². The molecule has 0 bridgehead atoms. The van der Waals surface area contributed by atoms with E-state index in [9.17, 15) is 31.5 Å². The molecule has 0 aliphatic carbocycles. The molecule has 3 aromatic heterocycles. The first-order chi connectivity index (χ1) is 16.9. The van der Waals surface area contributed by atoms with Gasteiger partial charge in [-0.15, -0.1) is 0 Å². The molecule has 0 saturated heterocycles. The number of nitrogens with one attached hydrogen (secondary N) is 2. The highest BCUT2D eigenvalue weighted by Crippen LogP contribution is 2.42. The zero-order chi connectivity index (χ0) is 26.6. The average molecular weight is 513 g/mol. The van der Waals surface area contributed by atoms with Gasteiger partial charge in [-0.05, 0) is 31.1 Å². The first-order valence-corrected chi connectivity index (χ1v) is 10.9. The van der Waals surface area contributed by atoms with Crippen molar-refractivity contribution in [2.45, 2.75) is 44.7 Å². The van der Waals surface area contributed by atoms with E-state index >= 15 is 0 Å². The lowest BCUT2D eigenvalue weighted by atomic mass is 9.81. The van der Waals surface area contributed by atoms with Gasteiger partial charge in [0.05, 0.1) is 23.4 Å². The third-order valence-corrected chi connectivity index (χ3v) is 5.70. The van der Waals surface area contributed by atoms with E-state index in [1.807, 2.05) is 0 Å². The number of rotatable bonds is 9. The summed E-state index contributed by atoms with van der Waals surface area (Å²) in [5.41, 5.74) is 0.301. The van der Waals surface area contributed by atoms with Crippen LogP contribution in [0.3, 0.4) is 0 Å². The van der Waals surface area contributed by atoms with Gasteiger partial charge in [0.2, 0.25) is 6.43 Å². The van der Waals surface area contributed by atoms with Crippen LogP contribution in [0.5, 0.6) is 5.75 Å². The lowest BCUT2D eigenvalue weighted by Gasteiger charge is -2.25. The van der Waals surface area contributed by atoms with Crippen LogP contribution in [0.2, 0.25) is 0 Å². The summed E-state index contributed by atoms with van der Waals surface area (Å²) in [5, 5.41) is 4.44. The number of aromatic amines is 2. The van der Waals surface area contributed by atoms with E-state index in [0.29, 0.717) is 17.0 Å². The molecule has 0 amide bonds. The van der Waals surface area contributed by atoms with Crippen molar-refractivity contribution in [1.82, 2.24) is 24.7 Å². The minimum absolute atomic E-state index is 0.00633. The van der Waals surface area contributed by atoms with Gasteiger partial charge in [-0.2, -0.15) is 18.3 Å². The lowest BCUT2D eigenvalue weighted by Crippen LogP contribution is -2.22. The Morgan fingerprint density at radius 2 is 1.92 bits per heavy atom. The van der Waals surface area contributed by atoms with E-state index in [2.05, 4.69) is 20.1 Å². The summed E-state index contributed by atoms with van der Waals surface area (Å²) in [6, 6.07) is 1.13. The third-order valence-electron chi connectivity index (χ3n) is 5.70. The molecule has 1 unspecified atom stereocenters. The maximum absolute atomic E-state index is 14.4. The second-order valence-electron chi connectivity index (χ2n) is 8.10. The van der Waals surface area contributed by atoms with E-state index in [1.165, 1.54) is 23.2 Å². The minimum atomic E-state index is -4.59. The molecule has 2 atom stereocenters. The van der Waals surface area contributed by atoms with Crippen molar-refractivity contribution in [2.75, 3.05) is 6.61 Å². The summed E-state index contributed by atoms with van der Waals surface area (Å²) in [6.07, 6.45) is -0.864. The normalized spacial score (nSPS) is 13.9. The molecule has 3 aromatic rings. The van der Waals surface area contributed by atoms with Gasteiger partial charge in [0.25, 0.3) is 5.56 Å². The Balaban J connectivity index is 2.03. The standard InChI is InChI=1S/C23H24F5N5O3/c1-4-16(18(20(24)25)14-7-15(10-29-8-14)36-11-23(26,27)28)19-17(12(2)33(3)32-19)6-5-13-9-30-22(35)31-21(13)34/h5-10,16,18,20H,4,11H2,1-3H3,(H2,30,31,34,35)/t16?,18-/m1/s1. The molecule has 0 spiro atoms. The zero-order valence-corrected chi connectivity index (χ0v) is 19.6. The predicted molar refractivity (Wildman–Crippen MR) is 122 cm³/mol. The fraction of sp³-hybridized carbons (Fsp3) is 0.391. The highest BCUT2D eigenvalue weighted by molar-refractivity contribution is 5.71. The molecule has 0 radical (unpaired) electrons. The van der Waals surface area contributed by atoms with Crippen molar-refractivity contribution in [3.8, 4) is 5.75 Å². The molecule has 13 heteroatoms. The van der Waals surface area contributed by atoms with Gasteiger partial charge in [-0.3, -0.25) is 19.4 Å². The van der Waals surface area contributed by atoms with Gasteiger partial charge in [-0.1, -0.05) is 13.0 Å². The number of aryl methyl sites for hydroxylation is 1. The molecule has 3 rings (SSSR count). The molecule has 2 N–H and O–H groups in total. The maximum atomic E-state index is 14.4. The second-order valence-corrected chi connectivity index (χ2v) is 8.10. The van der Waals surface area contributed by atoms with Crippen LogP contribution in [-0.2, 0) is 7.05 Å². The molecule has 0 saturated carbocycles. The van der Waals surface area contributed by atoms with E-state index < -0.39 is 42.3 Å². The molecule has 194 valence electrons. The predicted octanol–water partition coefficient (Wildman–Crippen LogP) is 4.15. The number of pyridine rings is 1. The first kappa shape index (κ1) is 26.8. The highest BCUT2D eigenvalue weighted by Gasteiger charge is 2.35. The van der Waals surface area contributed by atoms with E-state index in [4.69, 9.17) is 4.74 Å². The van der Waals surface area contributed by atoms with Crippen LogP contribution in [0.15, 0.2) is 34.2 Å². The van der Waals surface area contributed by atoms with Crippen molar-refractivity contribution < 1.29 is 26.7 Å². The molecule has 0 aliphatic heterocycles. The van der Waals surface area contributed by atoms with Crippen molar-refractivity contribution >= 4 is 12.2 Å². The number of hydrogen-bond donors (Lipinski definition) is 2. The molecule has 0 fully saturated rings. The SMILES string of the molecule is CCC(c1nn(C)c(C)c1C=Cc1c[nH]c(=O)[nH]c1=O)[C@@H](c1cncc(OCC(F)(F)F)c1)C(F)F. The summed E-state index contributed by atoms with van der Waals surface area (Å²) in [7, 11) is 1.64. The lowest BCUT2D eigenvalue weighted by molar-refractivity contribution is -0.153. The Labute approximate surface area is 201 Å². The zero-order valence-electron chi connectivity index (χ0n) is 19.6. The number of halogens is 5. The number of nitrogens with zero attached hydrogens (tertiary/aromatic N) is 3. The van der Waals surface area contributed by atoms with Crippen molar-refractivity contribution in [2.24, 2.45) is 7.05 Å². The fourth-order valence-corrected chi connectivity index (χ4v) is 3.88. The minimum Gasteiger partial charge on any atom is -0.482 e. The molecule has 0 aliphatic rings. The Kier molecular flexibility index (Phi) is 8.10. The number of ether oxygens (including phenoxy) is 1. The summed E-state index contributed by atoms with van der Waals surface area (Å²) >= 11 is 0. The van der Waals surface area contributed by atoms with Crippen molar-refractivity contribution in [3.05, 3.63) is 73.6 Å². The Bertz CT molecular complexity index is 1340. The van der Waals surface area contributed by atoms with Gasteiger partial charge < -0.3 is 9.72 Å². The van der Waals surface area contributed by atoms with E-state index in [0.717, 1.165) is 12.3 Å². The Morgan fingerprint density at radius 3 is 2.53 bits per heavy atom. The summed E-state index contributed by atoms with van der Waals surface area (Å²) < 4.78 is 72.6. The van der Waals surface area contributed by atoms with Crippen LogP contribution in [0.1, 0.15) is 53.3 Å². The van der Waals surface area contributed by atoms with Gasteiger partial charge in [-0.25, -0.2) is 13.6 Å². The van der Waals surface area contributed by atoms with Gasteiger partial charge in [0, 0.05) is 36.6 Å². The van der Waals surface area contributed by atoms with Crippen LogP contribution in [0.25, 0.3) is 12.2 Å². The Hall–Kier alpha value is -3.77. The van der Waals surface area contributed by atoms with Crippen LogP contribution < -0.4 is 16.0 Å². The van der Waals surface area contributed by atoms with Crippen LogP contribution in [-0.4, -0.2) is 43.9 Å². The third kappa shape index (κ3) is 6.26. The van der Waals surface area contributed by atoms with Crippen molar-refractivity contribution in [3.63, 3.8) is 0 Å². The number of H-pyrrole nitrogens is 2. The quantitative estimate of drug-likeness (QED) is 0.418. The number of aromatic nitrogens is 5. The highest BCUT2D eigenvalue weighted by atomic mass is 19.4. The summed E-state index contributed by atoms with van der Waals surface area (Å²) in [4.78, 5) is 31.5. The largest absolute Gasteiger partial charge is 0.482 e. The fourth-order valence-electron chi connectivity index (χ4n) is 3.88. The summed E-state index contributed by atoms with van der Waals surface area (Å²) in [5.74, 6) is -2.58. The maximum Gasteiger partial charge on any atom is 0.422 e. The van der Waals surface area contributed by atoms with Crippen LogP contribution >= 0.6 is 0 Å². The molecular weight excluding hydrogens is 489 g/mol. The Morgan fingerprint density at radius 1 is 1.19 bits per heavy atom. The van der Waals surface area contributed by atoms with Crippen LogP contribution in [0, 0.1) is 6.92 Å². The first-order valence-electron chi connectivity index (χ1n) is 10.9. The number of hydrogen-bond acceptors (Lipinski definition) is 5. The van der Waals surface area contributed by atoms with E-state index in [-0.39, 0.29) is 23.3 Å². The topological polar surface area (TPSA) is 106 Å². The molecule has 36 heavy (non-hydrogen) atoms. The molecule has 0 aromatic carbocycles. The van der Waals surface area contributed by atoms with Crippen molar-refractivity contribution in [1.29, 1.82) is 0 Å². The molecule has 8 nitrogen and oxygen atoms in total.